The van der Waals surface area contributed by atoms with E-state index in [1.165, 1.54) is 9.78 Å². The number of carbonyl (C=O) groups is 1. The molecule has 0 spiro atoms. The molecule has 0 aliphatic carbocycles. The molecule has 0 aromatic carbocycles. The summed E-state index contributed by atoms with van der Waals surface area (Å²) < 4.78 is 7.40. The third-order valence-electron chi connectivity index (χ3n) is 5.01. The number of furan rings is 1. The first-order chi connectivity index (χ1) is 13.5. The van der Waals surface area contributed by atoms with Gasteiger partial charge in [-0.25, -0.2) is 0 Å². The summed E-state index contributed by atoms with van der Waals surface area (Å²) in [6.45, 7) is 8.42. The van der Waals surface area contributed by atoms with Gasteiger partial charge in [-0.15, -0.1) is 11.3 Å². The Labute approximate surface area is 169 Å². The summed E-state index contributed by atoms with van der Waals surface area (Å²) in [6.07, 6.45) is 1.62. The second kappa shape index (κ2) is 8.91. The van der Waals surface area contributed by atoms with Crippen molar-refractivity contribution in [2.75, 3.05) is 18.4 Å². The van der Waals surface area contributed by atoms with E-state index >= 15 is 0 Å². The maximum absolute atomic E-state index is 12.8. The van der Waals surface area contributed by atoms with Crippen LogP contribution in [-0.4, -0.2) is 23.6 Å². The molecule has 28 heavy (non-hydrogen) atoms. The first kappa shape index (κ1) is 19.9. The van der Waals surface area contributed by atoms with Gasteiger partial charge in [-0.3, -0.25) is 4.79 Å². The zero-order chi connectivity index (χ0) is 20.1. The smallest absolute Gasteiger partial charge is 0.280 e. The Hall–Kier alpha value is -2.82. The number of rotatable bonds is 8. The maximum Gasteiger partial charge on any atom is 0.280 e. The summed E-state index contributed by atoms with van der Waals surface area (Å²) in [7, 11) is 0. The minimum atomic E-state index is -0.0944. The van der Waals surface area contributed by atoms with Crippen molar-refractivity contribution in [1.29, 1.82) is 5.26 Å². The van der Waals surface area contributed by atoms with Crippen molar-refractivity contribution in [2.24, 2.45) is 0 Å². The van der Waals surface area contributed by atoms with E-state index in [2.05, 4.69) is 29.8 Å². The van der Waals surface area contributed by atoms with Crippen molar-refractivity contribution in [2.45, 2.75) is 33.9 Å². The van der Waals surface area contributed by atoms with Crippen LogP contribution in [0.15, 0.2) is 40.3 Å². The lowest BCUT2D eigenvalue weighted by molar-refractivity contribution is -0.903. The number of aromatic nitrogens is 1. The van der Waals surface area contributed by atoms with Crippen molar-refractivity contribution in [1.82, 2.24) is 4.57 Å². The van der Waals surface area contributed by atoms with Crippen LogP contribution in [0, 0.1) is 25.2 Å². The van der Waals surface area contributed by atoms with E-state index in [-0.39, 0.29) is 5.91 Å². The van der Waals surface area contributed by atoms with Crippen LogP contribution in [0.2, 0.25) is 0 Å². The fourth-order valence-corrected chi connectivity index (χ4v) is 4.04. The van der Waals surface area contributed by atoms with Crippen LogP contribution in [0.1, 0.15) is 34.4 Å². The summed E-state index contributed by atoms with van der Waals surface area (Å²) >= 11 is 1.70. The van der Waals surface area contributed by atoms with Crippen molar-refractivity contribution in [3.05, 3.63) is 63.4 Å². The molecule has 1 unspecified atom stereocenters. The highest BCUT2D eigenvalue weighted by atomic mass is 32.1. The van der Waals surface area contributed by atoms with Crippen LogP contribution in [0.4, 0.5) is 5.82 Å². The molecule has 0 saturated carbocycles. The lowest BCUT2D eigenvalue weighted by atomic mass is 10.2. The average Bonchev–Trinajstić information content (AvgIpc) is 3.41. The van der Waals surface area contributed by atoms with Crippen LogP contribution in [0.5, 0.6) is 0 Å². The molecule has 146 valence electrons. The normalized spacial score (nSPS) is 11.9. The Morgan fingerprint density at radius 1 is 1.36 bits per heavy atom. The molecule has 0 aliphatic rings. The largest absolute Gasteiger partial charge is 0.467 e. The predicted molar refractivity (Wildman–Crippen MR) is 109 cm³/mol. The van der Waals surface area contributed by atoms with Crippen molar-refractivity contribution in [3.8, 4) is 6.07 Å². The van der Waals surface area contributed by atoms with E-state index in [1.807, 2.05) is 36.6 Å². The Kier molecular flexibility index (Phi) is 6.34. The number of thiophene rings is 1. The minimum Gasteiger partial charge on any atom is -0.467 e. The molecular formula is C21H25N4O2S+. The Bertz CT molecular complexity index is 965. The van der Waals surface area contributed by atoms with Gasteiger partial charge in [0.2, 0.25) is 0 Å². The maximum atomic E-state index is 12.8. The average molecular weight is 398 g/mol. The molecule has 3 heterocycles. The molecule has 3 aromatic heterocycles. The first-order valence-corrected chi connectivity index (χ1v) is 10.2. The highest BCUT2D eigenvalue weighted by molar-refractivity contribution is 7.09. The second-order valence-electron chi connectivity index (χ2n) is 6.80. The topological polar surface area (TPSA) is 75.4 Å². The van der Waals surface area contributed by atoms with Gasteiger partial charge in [-0.05, 0) is 49.9 Å². The van der Waals surface area contributed by atoms with Crippen molar-refractivity contribution < 1.29 is 14.1 Å². The van der Waals surface area contributed by atoms with Gasteiger partial charge in [-0.2, -0.15) is 5.26 Å². The van der Waals surface area contributed by atoms with Gasteiger partial charge >= 0.3 is 0 Å². The molecule has 2 N–H and O–H groups in total. The lowest BCUT2D eigenvalue weighted by Crippen LogP contribution is -3.11. The van der Waals surface area contributed by atoms with E-state index in [0.29, 0.717) is 24.5 Å². The third kappa shape index (κ3) is 4.35. The predicted octanol–water partition coefficient (Wildman–Crippen LogP) is 2.72. The molecule has 1 amide bonds. The SMILES string of the molecule is CC[NH+](CC(=O)Nc1c(C#N)c(C)c(C)n1Cc1ccco1)Cc1cccs1. The number of likely N-dealkylation sites (N-methyl/N-ethyl adjacent to an activating group) is 1. The Morgan fingerprint density at radius 2 is 2.18 bits per heavy atom. The summed E-state index contributed by atoms with van der Waals surface area (Å²) in [4.78, 5) is 15.2. The van der Waals surface area contributed by atoms with Crippen LogP contribution >= 0.6 is 11.3 Å². The van der Waals surface area contributed by atoms with Crippen molar-refractivity contribution >= 4 is 23.1 Å². The van der Waals surface area contributed by atoms with Crippen LogP contribution in [0.3, 0.4) is 0 Å². The molecule has 0 radical (unpaired) electrons. The number of hydrogen-bond donors (Lipinski definition) is 2. The molecular weight excluding hydrogens is 372 g/mol. The molecule has 0 aliphatic heterocycles. The van der Waals surface area contributed by atoms with Crippen LogP contribution < -0.4 is 10.2 Å². The van der Waals surface area contributed by atoms with Gasteiger partial charge in [0.05, 0.1) is 29.8 Å². The van der Waals surface area contributed by atoms with E-state index in [4.69, 9.17) is 4.42 Å². The van der Waals surface area contributed by atoms with Gasteiger partial charge in [0.1, 0.15) is 24.2 Å². The monoisotopic (exact) mass is 397 g/mol. The molecule has 1 atom stereocenters. The Balaban J connectivity index is 1.79. The fraction of sp³-hybridized carbons (Fsp3) is 0.333. The molecule has 3 rings (SSSR count). The number of nitriles is 1. The summed E-state index contributed by atoms with van der Waals surface area (Å²) in [5.41, 5.74) is 2.33. The Morgan fingerprint density at radius 3 is 2.79 bits per heavy atom. The minimum absolute atomic E-state index is 0.0944. The van der Waals surface area contributed by atoms with Crippen LogP contribution in [-0.2, 0) is 17.9 Å². The summed E-state index contributed by atoms with van der Waals surface area (Å²) in [5.74, 6) is 1.23. The van der Waals surface area contributed by atoms with Crippen LogP contribution in [0.25, 0.3) is 0 Å². The van der Waals surface area contributed by atoms with Gasteiger partial charge in [-0.1, -0.05) is 6.07 Å². The van der Waals surface area contributed by atoms with E-state index < -0.39 is 0 Å². The lowest BCUT2D eigenvalue weighted by Gasteiger charge is -2.17. The number of nitrogens with zero attached hydrogens (tertiary/aromatic N) is 2. The summed E-state index contributed by atoms with van der Waals surface area (Å²) in [6, 6.07) is 10.1. The van der Waals surface area contributed by atoms with Gasteiger partial charge in [0.15, 0.2) is 6.54 Å². The first-order valence-electron chi connectivity index (χ1n) is 9.31. The summed E-state index contributed by atoms with van der Waals surface area (Å²) in [5, 5.41) is 14.7. The fourth-order valence-electron chi connectivity index (χ4n) is 3.26. The molecule has 0 saturated heterocycles. The molecule has 0 bridgehead atoms. The number of quaternary nitrogens is 1. The second-order valence-corrected chi connectivity index (χ2v) is 7.83. The van der Waals surface area contributed by atoms with Gasteiger partial charge in [0.25, 0.3) is 5.91 Å². The number of anilines is 1. The number of amides is 1. The van der Waals surface area contributed by atoms with E-state index in [9.17, 15) is 10.1 Å². The molecule has 0 fully saturated rings. The van der Waals surface area contributed by atoms with Crippen molar-refractivity contribution in [3.63, 3.8) is 0 Å². The molecule has 6 nitrogen and oxygen atoms in total. The standard InChI is InChI=1S/C21H24N4O2S/c1-4-24(13-18-8-6-10-28-18)14-20(26)23-21-19(11-22)15(2)16(3)25(21)12-17-7-5-9-27-17/h5-10H,4,12-14H2,1-3H3,(H,23,26)/p+1. The number of nitrogens with one attached hydrogen (secondary N) is 2. The van der Waals surface area contributed by atoms with Gasteiger partial charge < -0.3 is 19.2 Å². The van der Waals surface area contributed by atoms with E-state index in [0.717, 1.165) is 30.1 Å². The zero-order valence-corrected chi connectivity index (χ0v) is 17.2. The zero-order valence-electron chi connectivity index (χ0n) is 16.4. The highest BCUT2D eigenvalue weighted by Crippen LogP contribution is 2.27. The quantitative estimate of drug-likeness (QED) is 0.614. The molecule has 3 aromatic rings. The number of hydrogen-bond acceptors (Lipinski definition) is 4. The van der Waals surface area contributed by atoms with E-state index in [1.54, 1.807) is 17.6 Å². The highest BCUT2D eigenvalue weighted by Gasteiger charge is 2.22. The number of carbonyl (C=O) groups excluding carboxylic acids is 1. The van der Waals surface area contributed by atoms with Gasteiger partial charge in [0, 0.05) is 5.69 Å². The molecule has 7 heteroatoms. The third-order valence-corrected chi connectivity index (χ3v) is 5.88.